The standard InChI is InChI=1S/C14H10Cl2FN3O/c1-20-14(18)10(7-3-2-4-9(15)11(7)17)12(19-20)8-5-6-21-13(8)16/h2-6H,18H2,1H3. The summed E-state index contributed by atoms with van der Waals surface area (Å²) in [5.41, 5.74) is 7.70. The van der Waals surface area contributed by atoms with E-state index in [-0.39, 0.29) is 15.8 Å². The number of aryl methyl sites for hydroxylation is 1. The molecule has 2 heterocycles. The number of nitrogen functional groups attached to an aromatic ring is 1. The van der Waals surface area contributed by atoms with E-state index in [1.165, 1.54) is 17.0 Å². The molecule has 4 nitrogen and oxygen atoms in total. The van der Waals surface area contributed by atoms with E-state index in [1.54, 1.807) is 25.2 Å². The summed E-state index contributed by atoms with van der Waals surface area (Å²) in [6.45, 7) is 0. The molecule has 3 aromatic rings. The van der Waals surface area contributed by atoms with Crippen LogP contribution in [0.5, 0.6) is 0 Å². The average molecular weight is 326 g/mol. The fourth-order valence-electron chi connectivity index (χ4n) is 2.15. The van der Waals surface area contributed by atoms with E-state index in [4.69, 9.17) is 33.4 Å². The van der Waals surface area contributed by atoms with Gasteiger partial charge in [0.2, 0.25) is 5.22 Å². The third-order valence-electron chi connectivity index (χ3n) is 3.19. The van der Waals surface area contributed by atoms with E-state index in [0.29, 0.717) is 22.6 Å². The number of anilines is 1. The number of halogens is 3. The van der Waals surface area contributed by atoms with Crippen molar-refractivity contribution in [2.24, 2.45) is 7.05 Å². The topological polar surface area (TPSA) is 57.0 Å². The Morgan fingerprint density at radius 3 is 2.67 bits per heavy atom. The second kappa shape index (κ2) is 5.09. The van der Waals surface area contributed by atoms with Crippen LogP contribution < -0.4 is 5.73 Å². The number of aromatic nitrogens is 2. The number of nitrogens with two attached hydrogens (primary N) is 1. The average Bonchev–Trinajstić information content (AvgIpc) is 2.99. The third-order valence-corrected chi connectivity index (χ3v) is 3.77. The maximum atomic E-state index is 14.3. The highest BCUT2D eigenvalue weighted by Gasteiger charge is 2.23. The van der Waals surface area contributed by atoms with E-state index in [2.05, 4.69) is 5.10 Å². The second-order valence-corrected chi connectivity index (χ2v) is 5.19. The van der Waals surface area contributed by atoms with Crippen molar-refractivity contribution in [1.82, 2.24) is 9.78 Å². The molecule has 2 aromatic heterocycles. The molecule has 0 atom stereocenters. The molecule has 0 fully saturated rings. The zero-order chi connectivity index (χ0) is 15.1. The molecule has 0 spiro atoms. The number of hydrogen-bond donors (Lipinski definition) is 1. The van der Waals surface area contributed by atoms with Gasteiger partial charge in [-0.1, -0.05) is 23.7 Å². The largest absolute Gasteiger partial charge is 0.452 e. The molecule has 7 heteroatoms. The summed E-state index contributed by atoms with van der Waals surface area (Å²) >= 11 is 11.8. The molecule has 21 heavy (non-hydrogen) atoms. The maximum Gasteiger partial charge on any atom is 0.202 e. The Morgan fingerprint density at radius 1 is 1.24 bits per heavy atom. The van der Waals surface area contributed by atoms with Crippen molar-refractivity contribution in [1.29, 1.82) is 0 Å². The summed E-state index contributed by atoms with van der Waals surface area (Å²) in [6, 6.07) is 6.35. The van der Waals surface area contributed by atoms with E-state index in [1.807, 2.05) is 0 Å². The predicted octanol–water partition coefficient (Wildman–Crippen LogP) is 4.38. The van der Waals surface area contributed by atoms with Gasteiger partial charge in [-0.05, 0) is 23.7 Å². The van der Waals surface area contributed by atoms with Crippen LogP contribution in [0, 0.1) is 5.82 Å². The first kappa shape index (κ1) is 14.0. The minimum Gasteiger partial charge on any atom is -0.452 e. The van der Waals surface area contributed by atoms with Crippen LogP contribution in [0.4, 0.5) is 10.2 Å². The Labute approximate surface area is 129 Å². The molecular formula is C14H10Cl2FN3O. The Morgan fingerprint density at radius 2 is 2.00 bits per heavy atom. The number of hydrogen-bond acceptors (Lipinski definition) is 3. The zero-order valence-corrected chi connectivity index (χ0v) is 12.4. The summed E-state index contributed by atoms with van der Waals surface area (Å²) < 4.78 is 20.8. The van der Waals surface area contributed by atoms with Gasteiger partial charge < -0.3 is 10.2 Å². The molecule has 0 bridgehead atoms. The summed E-state index contributed by atoms with van der Waals surface area (Å²) in [5.74, 6) is -0.247. The molecule has 3 rings (SSSR count). The number of nitrogens with zero attached hydrogens (tertiary/aromatic N) is 2. The van der Waals surface area contributed by atoms with Gasteiger partial charge in [-0.3, -0.25) is 4.68 Å². The van der Waals surface area contributed by atoms with Crippen molar-refractivity contribution in [2.45, 2.75) is 0 Å². The SMILES string of the molecule is Cn1nc(-c2ccoc2Cl)c(-c2cccc(Cl)c2F)c1N. The van der Waals surface area contributed by atoms with Gasteiger partial charge in [0.05, 0.1) is 22.4 Å². The molecule has 0 aliphatic heterocycles. The van der Waals surface area contributed by atoms with E-state index < -0.39 is 5.82 Å². The molecule has 0 aliphatic carbocycles. The van der Waals surface area contributed by atoms with Crippen molar-refractivity contribution >= 4 is 29.0 Å². The van der Waals surface area contributed by atoms with Crippen LogP contribution in [-0.2, 0) is 7.05 Å². The molecule has 0 unspecified atom stereocenters. The molecule has 0 aliphatic rings. The first-order chi connectivity index (χ1) is 10.0. The van der Waals surface area contributed by atoms with Crippen LogP contribution in [0.3, 0.4) is 0 Å². The van der Waals surface area contributed by atoms with Gasteiger partial charge in [0.1, 0.15) is 17.3 Å². The van der Waals surface area contributed by atoms with E-state index >= 15 is 0 Å². The predicted molar refractivity (Wildman–Crippen MR) is 80.7 cm³/mol. The minimum absolute atomic E-state index is 0.0139. The Balaban J connectivity index is 2.33. The first-order valence-corrected chi connectivity index (χ1v) is 6.76. The van der Waals surface area contributed by atoms with Crippen LogP contribution in [-0.4, -0.2) is 9.78 Å². The maximum absolute atomic E-state index is 14.3. The third kappa shape index (κ3) is 2.18. The van der Waals surface area contributed by atoms with Gasteiger partial charge in [-0.15, -0.1) is 0 Å². The van der Waals surface area contributed by atoms with Crippen molar-refractivity contribution in [3.63, 3.8) is 0 Å². The Kier molecular flexibility index (Phi) is 3.39. The van der Waals surface area contributed by atoms with Crippen molar-refractivity contribution in [3.8, 4) is 22.4 Å². The molecule has 0 saturated heterocycles. The van der Waals surface area contributed by atoms with Gasteiger partial charge in [0.25, 0.3) is 0 Å². The molecular weight excluding hydrogens is 316 g/mol. The van der Waals surface area contributed by atoms with Crippen LogP contribution in [0.15, 0.2) is 34.9 Å². The second-order valence-electron chi connectivity index (χ2n) is 4.44. The summed E-state index contributed by atoms with van der Waals surface area (Å²) in [4.78, 5) is 0. The van der Waals surface area contributed by atoms with Crippen molar-refractivity contribution in [2.75, 3.05) is 5.73 Å². The van der Waals surface area contributed by atoms with Gasteiger partial charge in [-0.2, -0.15) is 5.10 Å². The normalized spacial score (nSPS) is 11.0. The summed E-state index contributed by atoms with van der Waals surface area (Å²) in [6.07, 6.45) is 1.43. The fourth-order valence-corrected chi connectivity index (χ4v) is 2.53. The number of rotatable bonds is 2. The molecule has 1 aromatic carbocycles. The molecule has 0 radical (unpaired) electrons. The molecule has 108 valence electrons. The van der Waals surface area contributed by atoms with Gasteiger partial charge in [-0.25, -0.2) is 4.39 Å². The fraction of sp³-hybridized carbons (Fsp3) is 0.0714. The van der Waals surface area contributed by atoms with E-state index in [9.17, 15) is 4.39 Å². The highest BCUT2D eigenvalue weighted by atomic mass is 35.5. The molecule has 2 N–H and O–H groups in total. The van der Waals surface area contributed by atoms with Gasteiger partial charge in [0.15, 0.2) is 0 Å². The first-order valence-electron chi connectivity index (χ1n) is 6.01. The highest BCUT2D eigenvalue weighted by molar-refractivity contribution is 6.32. The highest BCUT2D eigenvalue weighted by Crippen LogP contribution is 2.41. The number of furan rings is 1. The van der Waals surface area contributed by atoms with Gasteiger partial charge in [0, 0.05) is 12.6 Å². The zero-order valence-electron chi connectivity index (χ0n) is 10.9. The lowest BCUT2D eigenvalue weighted by Crippen LogP contribution is -1.98. The minimum atomic E-state index is -0.556. The van der Waals surface area contributed by atoms with Crippen LogP contribution >= 0.6 is 23.2 Å². The van der Waals surface area contributed by atoms with Crippen molar-refractivity contribution in [3.05, 3.63) is 46.6 Å². The monoisotopic (exact) mass is 325 g/mol. The van der Waals surface area contributed by atoms with Crippen molar-refractivity contribution < 1.29 is 8.81 Å². The lowest BCUT2D eigenvalue weighted by Gasteiger charge is -2.06. The van der Waals surface area contributed by atoms with E-state index in [0.717, 1.165) is 0 Å². The Hall–Kier alpha value is -1.98. The molecule has 0 amide bonds. The summed E-state index contributed by atoms with van der Waals surface area (Å²) in [5, 5.41) is 4.48. The lowest BCUT2D eigenvalue weighted by atomic mass is 10.0. The molecule has 0 saturated carbocycles. The number of benzene rings is 1. The smallest absolute Gasteiger partial charge is 0.202 e. The Bertz CT molecular complexity index is 826. The quantitative estimate of drug-likeness (QED) is 0.760. The van der Waals surface area contributed by atoms with Gasteiger partial charge >= 0.3 is 0 Å². The van der Waals surface area contributed by atoms with Crippen LogP contribution in [0.25, 0.3) is 22.4 Å². The lowest BCUT2D eigenvalue weighted by molar-refractivity contribution is 0.570. The van der Waals surface area contributed by atoms with Crippen LogP contribution in [0.1, 0.15) is 0 Å². The summed E-state index contributed by atoms with van der Waals surface area (Å²) in [7, 11) is 1.67. The van der Waals surface area contributed by atoms with Crippen LogP contribution in [0.2, 0.25) is 10.2 Å².